The fourth-order valence-corrected chi connectivity index (χ4v) is 3.68. The van der Waals surface area contributed by atoms with Crippen molar-refractivity contribution < 1.29 is 19.4 Å². The summed E-state index contributed by atoms with van der Waals surface area (Å²) in [6.07, 6.45) is -0.457. The molecule has 0 aliphatic carbocycles. The third-order valence-electron chi connectivity index (χ3n) is 5.02. The van der Waals surface area contributed by atoms with E-state index < -0.39 is 12.1 Å². The Balaban J connectivity index is 1.89. The van der Waals surface area contributed by atoms with E-state index in [0.29, 0.717) is 29.8 Å². The van der Waals surface area contributed by atoms with E-state index in [4.69, 9.17) is 4.74 Å². The average molecular weight is 367 g/mol. The van der Waals surface area contributed by atoms with Crippen LogP contribution in [0.1, 0.15) is 46.0 Å². The normalized spacial score (nSPS) is 18.3. The molecule has 0 radical (unpaired) electrons. The van der Waals surface area contributed by atoms with Crippen molar-refractivity contribution >= 4 is 11.7 Å². The number of hydrogen-bond donors (Lipinski definition) is 1. The zero-order valence-electron chi connectivity index (χ0n) is 15.9. The molecule has 1 heterocycles. The van der Waals surface area contributed by atoms with E-state index in [1.807, 2.05) is 32.0 Å². The number of likely N-dealkylation sites (tertiary alicyclic amines) is 1. The third-order valence-corrected chi connectivity index (χ3v) is 5.02. The maximum absolute atomic E-state index is 13.1. The molecule has 5 nitrogen and oxygen atoms in total. The largest absolute Gasteiger partial charge is 0.497 e. The lowest BCUT2D eigenvalue weighted by molar-refractivity contribution is -0.124. The molecule has 0 spiro atoms. The monoisotopic (exact) mass is 367 g/mol. The molecule has 0 bridgehead atoms. The highest BCUT2D eigenvalue weighted by atomic mass is 16.5. The van der Waals surface area contributed by atoms with Gasteiger partial charge in [-0.3, -0.25) is 9.59 Å². The first kappa shape index (κ1) is 19.1. The van der Waals surface area contributed by atoms with Gasteiger partial charge < -0.3 is 14.7 Å². The molecule has 142 valence electrons. The summed E-state index contributed by atoms with van der Waals surface area (Å²) in [6.45, 7) is 4.23. The van der Waals surface area contributed by atoms with Gasteiger partial charge >= 0.3 is 0 Å². The zero-order chi connectivity index (χ0) is 19.6. The molecule has 2 aromatic carbocycles. The second-order valence-corrected chi connectivity index (χ2v) is 7.15. The van der Waals surface area contributed by atoms with Gasteiger partial charge in [0.1, 0.15) is 11.5 Å². The van der Waals surface area contributed by atoms with Crippen LogP contribution in [-0.4, -0.2) is 41.4 Å². The molecule has 1 saturated heterocycles. The molecule has 1 aliphatic heterocycles. The van der Waals surface area contributed by atoms with Gasteiger partial charge in [0, 0.05) is 24.9 Å². The fourth-order valence-electron chi connectivity index (χ4n) is 3.68. The minimum Gasteiger partial charge on any atom is -0.497 e. The van der Waals surface area contributed by atoms with E-state index in [1.54, 1.807) is 36.3 Å². The van der Waals surface area contributed by atoms with Crippen molar-refractivity contribution in [3.8, 4) is 5.75 Å². The molecule has 2 aromatic rings. The molecule has 2 unspecified atom stereocenters. The highest BCUT2D eigenvalue weighted by molar-refractivity contribution is 5.96. The summed E-state index contributed by atoms with van der Waals surface area (Å²) >= 11 is 0. The van der Waals surface area contributed by atoms with E-state index in [2.05, 4.69) is 0 Å². The summed E-state index contributed by atoms with van der Waals surface area (Å²) < 4.78 is 5.15. The van der Waals surface area contributed by atoms with Gasteiger partial charge in [0.2, 0.25) is 0 Å². The number of methoxy groups -OCH3 is 1. The molecular weight excluding hydrogens is 342 g/mol. The number of Topliss-reactive ketones (excluding diaryl/α,β-unsaturated/α-hetero) is 1. The van der Waals surface area contributed by atoms with Crippen molar-refractivity contribution in [2.45, 2.75) is 38.8 Å². The Labute approximate surface area is 159 Å². The first-order valence-corrected chi connectivity index (χ1v) is 9.12. The van der Waals surface area contributed by atoms with Crippen LogP contribution in [0.5, 0.6) is 5.75 Å². The Morgan fingerprint density at radius 1 is 1.15 bits per heavy atom. The molecule has 27 heavy (non-hydrogen) atoms. The van der Waals surface area contributed by atoms with Gasteiger partial charge in [0.25, 0.3) is 5.91 Å². The number of carbonyl (C=O) groups excluding carboxylic acids is 2. The zero-order valence-corrected chi connectivity index (χ0v) is 15.9. The number of benzene rings is 2. The number of piperidine rings is 1. The van der Waals surface area contributed by atoms with Crippen LogP contribution < -0.4 is 4.74 Å². The molecule has 1 N–H and O–H groups in total. The quantitative estimate of drug-likeness (QED) is 0.901. The minimum absolute atomic E-state index is 0.0667. The van der Waals surface area contributed by atoms with Crippen molar-refractivity contribution in [3.63, 3.8) is 0 Å². The van der Waals surface area contributed by atoms with Crippen LogP contribution in [0.4, 0.5) is 0 Å². The average Bonchev–Trinajstić information content (AvgIpc) is 2.66. The predicted octanol–water partition coefficient (Wildman–Crippen LogP) is 3.22. The van der Waals surface area contributed by atoms with Crippen molar-refractivity contribution in [1.29, 1.82) is 0 Å². The standard InChI is InChI=1S/C22H25NO4/c1-14-10-15(2)12-17(11-14)22(26)23-9-8-18(24)13-20(23)21(25)16-4-6-19(27-3)7-5-16/h4-7,10-12,20-21,25H,8-9,13H2,1-3H3. The first-order valence-electron chi connectivity index (χ1n) is 9.12. The van der Waals surface area contributed by atoms with Crippen molar-refractivity contribution in [2.75, 3.05) is 13.7 Å². The number of ketones is 1. The summed E-state index contributed by atoms with van der Waals surface area (Å²) in [5.41, 5.74) is 3.28. The predicted molar refractivity (Wildman–Crippen MR) is 103 cm³/mol. The molecule has 0 aromatic heterocycles. The summed E-state index contributed by atoms with van der Waals surface area (Å²) in [6, 6.07) is 12.2. The number of rotatable bonds is 4. The van der Waals surface area contributed by atoms with E-state index in [-0.39, 0.29) is 18.1 Å². The Bertz CT molecular complexity index is 824. The number of aliphatic hydroxyl groups excluding tert-OH is 1. The summed E-state index contributed by atoms with van der Waals surface area (Å²) in [4.78, 5) is 26.8. The topological polar surface area (TPSA) is 66.8 Å². The van der Waals surface area contributed by atoms with Crippen LogP contribution in [0.3, 0.4) is 0 Å². The molecule has 3 rings (SSSR count). The highest BCUT2D eigenvalue weighted by Gasteiger charge is 2.36. The Morgan fingerprint density at radius 3 is 2.37 bits per heavy atom. The highest BCUT2D eigenvalue weighted by Crippen LogP contribution is 2.30. The lowest BCUT2D eigenvalue weighted by atomic mass is 9.91. The van der Waals surface area contributed by atoms with Crippen LogP contribution in [0.25, 0.3) is 0 Å². The van der Waals surface area contributed by atoms with Gasteiger partial charge in [-0.05, 0) is 43.7 Å². The molecule has 2 atom stereocenters. The maximum atomic E-state index is 13.1. The Morgan fingerprint density at radius 2 is 1.78 bits per heavy atom. The number of aryl methyl sites for hydroxylation is 2. The van der Waals surface area contributed by atoms with Crippen molar-refractivity contribution in [2.24, 2.45) is 0 Å². The second kappa shape index (κ2) is 7.92. The van der Waals surface area contributed by atoms with Gasteiger partial charge in [0.15, 0.2) is 0 Å². The van der Waals surface area contributed by atoms with E-state index in [0.717, 1.165) is 11.1 Å². The number of aliphatic hydroxyl groups is 1. The van der Waals surface area contributed by atoms with Crippen LogP contribution >= 0.6 is 0 Å². The number of nitrogens with zero attached hydrogens (tertiary/aromatic N) is 1. The van der Waals surface area contributed by atoms with Crippen LogP contribution in [0.15, 0.2) is 42.5 Å². The molecule has 5 heteroatoms. The van der Waals surface area contributed by atoms with Gasteiger partial charge in [-0.25, -0.2) is 0 Å². The van der Waals surface area contributed by atoms with Crippen LogP contribution in [0, 0.1) is 13.8 Å². The lowest BCUT2D eigenvalue weighted by Gasteiger charge is -2.38. The van der Waals surface area contributed by atoms with E-state index >= 15 is 0 Å². The fraction of sp³-hybridized carbons (Fsp3) is 0.364. The Kier molecular flexibility index (Phi) is 5.61. The number of ether oxygens (including phenoxy) is 1. The van der Waals surface area contributed by atoms with Gasteiger partial charge in [-0.2, -0.15) is 0 Å². The summed E-state index contributed by atoms with van der Waals surface area (Å²) in [5.74, 6) is 0.609. The first-order chi connectivity index (χ1) is 12.9. The minimum atomic E-state index is -0.935. The maximum Gasteiger partial charge on any atom is 0.254 e. The molecule has 1 fully saturated rings. The SMILES string of the molecule is COc1ccc(C(O)C2CC(=O)CCN2C(=O)c2cc(C)cc(C)c2)cc1. The number of amides is 1. The number of carbonyl (C=O) groups is 2. The van der Waals surface area contributed by atoms with Crippen LogP contribution in [0.2, 0.25) is 0 Å². The van der Waals surface area contributed by atoms with Crippen molar-refractivity contribution in [3.05, 3.63) is 64.7 Å². The van der Waals surface area contributed by atoms with E-state index in [9.17, 15) is 14.7 Å². The van der Waals surface area contributed by atoms with Gasteiger partial charge in [-0.15, -0.1) is 0 Å². The van der Waals surface area contributed by atoms with Gasteiger partial charge in [0.05, 0.1) is 19.3 Å². The second-order valence-electron chi connectivity index (χ2n) is 7.15. The molecule has 1 aliphatic rings. The smallest absolute Gasteiger partial charge is 0.254 e. The van der Waals surface area contributed by atoms with E-state index in [1.165, 1.54) is 0 Å². The lowest BCUT2D eigenvalue weighted by Crippen LogP contribution is -2.49. The molecular formula is C22H25NO4. The number of hydrogen-bond acceptors (Lipinski definition) is 4. The molecule has 0 saturated carbocycles. The van der Waals surface area contributed by atoms with Crippen LogP contribution in [-0.2, 0) is 4.79 Å². The Hall–Kier alpha value is -2.66. The van der Waals surface area contributed by atoms with Crippen molar-refractivity contribution in [1.82, 2.24) is 4.90 Å². The molecule has 1 amide bonds. The third kappa shape index (κ3) is 4.19. The summed E-state index contributed by atoms with van der Waals surface area (Å²) in [7, 11) is 1.58. The summed E-state index contributed by atoms with van der Waals surface area (Å²) in [5, 5.41) is 10.9. The van der Waals surface area contributed by atoms with Gasteiger partial charge in [-0.1, -0.05) is 29.3 Å².